The van der Waals surface area contributed by atoms with Crippen LogP contribution in [-0.2, 0) is 4.74 Å². The summed E-state index contributed by atoms with van der Waals surface area (Å²) in [6, 6.07) is 0. The summed E-state index contributed by atoms with van der Waals surface area (Å²) in [7, 11) is 1.68. The van der Waals surface area contributed by atoms with E-state index in [1.165, 1.54) is 0 Å². The molecule has 0 heterocycles. The van der Waals surface area contributed by atoms with Crippen molar-refractivity contribution in [2.24, 2.45) is 5.92 Å². The van der Waals surface area contributed by atoms with Crippen molar-refractivity contribution in [3.8, 4) is 0 Å². The van der Waals surface area contributed by atoms with Crippen LogP contribution in [0.25, 0.3) is 0 Å². The van der Waals surface area contributed by atoms with Crippen LogP contribution in [-0.4, -0.2) is 24.9 Å². The van der Waals surface area contributed by atoms with Gasteiger partial charge in [-0.3, -0.25) is 0 Å². The molecule has 0 aromatic heterocycles. The van der Waals surface area contributed by atoms with Crippen molar-refractivity contribution >= 4 is 0 Å². The first-order chi connectivity index (χ1) is 5.18. The fourth-order valence-electron chi connectivity index (χ4n) is 0.545. The van der Waals surface area contributed by atoms with Crippen molar-refractivity contribution in [1.82, 2.24) is 0 Å². The molecule has 0 radical (unpaired) electrons. The summed E-state index contributed by atoms with van der Waals surface area (Å²) in [5.74, 6) is 0.352. The second-order valence-electron chi connectivity index (χ2n) is 2.50. The minimum atomic E-state index is -0.208. The van der Waals surface area contributed by atoms with Crippen molar-refractivity contribution in [1.29, 1.82) is 0 Å². The standard InChI is InChI=1S/C7H16O2.C2H6/c1-6(7(2)8)4-5-9-3;1-2/h6-8H,4-5H2,1-3H3;1-2H3/t6-,7-;/m0./s1. The molecule has 0 saturated heterocycles. The van der Waals surface area contributed by atoms with Crippen molar-refractivity contribution in [3.63, 3.8) is 0 Å². The number of ether oxygens (including phenoxy) is 1. The molecule has 0 fully saturated rings. The third-order valence-corrected chi connectivity index (χ3v) is 1.60. The molecule has 0 aliphatic rings. The molecule has 0 amide bonds. The molecule has 2 nitrogen and oxygen atoms in total. The lowest BCUT2D eigenvalue weighted by molar-refractivity contribution is 0.102. The van der Waals surface area contributed by atoms with Crippen LogP contribution in [0.3, 0.4) is 0 Å². The first-order valence-electron chi connectivity index (χ1n) is 4.35. The summed E-state index contributed by atoms with van der Waals surface area (Å²) in [4.78, 5) is 0. The van der Waals surface area contributed by atoms with Gasteiger partial charge in [0, 0.05) is 13.7 Å². The highest BCUT2D eigenvalue weighted by Crippen LogP contribution is 2.06. The fourth-order valence-corrected chi connectivity index (χ4v) is 0.545. The van der Waals surface area contributed by atoms with Crippen molar-refractivity contribution in [3.05, 3.63) is 0 Å². The van der Waals surface area contributed by atoms with E-state index in [0.717, 1.165) is 13.0 Å². The summed E-state index contributed by atoms with van der Waals surface area (Å²) in [6.07, 6.45) is 0.730. The largest absolute Gasteiger partial charge is 0.393 e. The Morgan fingerprint density at radius 1 is 1.27 bits per heavy atom. The molecule has 11 heavy (non-hydrogen) atoms. The molecule has 0 aliphatic carbocycles. The highest BCUT2D eigenvalue weighted by Gasteiger charge is 2.06. The van der Waals surface area contributed by atoms with Gasteiger partial charge < -0.3 is 9.84 Å². The van der Waals surface area contributed by atoms with Crippen LogP contribution < -0.4 is 0 Å². The van der Waals surface area contributed by atoms with Crippen molar-refractivity contribution < 1.29 is 9.84 Å². The van der Waals surface area contributed by atoms with Gasteiger partial charge in [0.25, 0.3) is 0 Å². The Hall–Kier alpha value is -0.0800. The van der Waals surface area contributed by atoms with Crippen LogP contribution in [0.5, 0.6) is 0 Å². The van der Waals surface area contributed by atoms with Gasteiger partial charge in [-0.2, -0.15) is 0 Å². The Labute approximate surface area is 70.6 Å². The Balaban J connectivity index is 0. The zero-order chi connectivity index (χ0) is 9.28. The molecule has 0 bridgehead atoms. The zero-order valence-electron chi connectivity index (χ0n) is 8.42. The molecular formula is C9H22O2. The van der Waals surface area contributed by atoms with E-state index < -0.39 is 0 Å². The quantitative estimate of drug-likeness (QED) is 0.685. The normalized spacial score (nSPS) is 14.7. The molecule has 1 N–H and O–H groups in total. The predicted octanol–water partition coefficient (Wildman–Crippen LogP) is 2.07. The summed E-state index contributed by atoms with van der Waals surface area (Å²) >= 11 is 0. The molecule has 0 aromatic carbocycles. The van der Waals surface area contributed by atoms with E-state index in [1.54, 1.807) is 14.0 Å². The van der Waals surface area contributed by atoms with E-state index in [1.807, 2.05) is 20.8 Å². The maximum atomic E-state index is 8.99. The summed E-state index contributed by atoms with van der Waals surface area (Å²) < 4.78 is 4.85. The number of hydrogen-bond donors (Lipinski definition) is 1. The van der Waals surface area contributed by atoms with E-state index in [2.05, 4.69) is 0 Å². The van der Waals surface area contributed by atoms with Crippen LogP contribution in [0, 0.1) is 5.92 Å². The second-order valence-corrected chi connectivity index (χ2v) is 2.50. The first kappa shape index (κ1) is 13.5. The average Bonchev–Trinajstić information content (AvgIpc) is 2.03. The number of methoxy groups -OCH3 is 1. The van der Waals surface area contributed by atoms with Gasteiger partial charge in [0.15, 0.2) is 0 Å². The molecule has 2 atom stereocenters. The highest BCUT2D eigenvalue weighted by atomic mass is 16.5. The van der Waals surface area contributed by atoms with Gasteiger partial charge in [0.1, 0.15) is 0 Å². The molecule has 70 valence electrons. The molecular weight excluding hydrogens is 140 g/mol. The fraction of sp³-hybridized carbons (Fsp3) is 1.00. The average molecular weight is 162 g/mol. The zero-order valence-corrected chi connectivity index (χ0v) is 8.42. The van der Waals surface area contributed by atoms with E-state index in [9.17, 15) is 0 Å². The van der Waals surface area contributed by atoms with Gasteiger partial charge in [-0.05, 0) is 19.3 Å². The number of aliphatic hydroxyl groups is 1. The molecule has 0 aliphatic heterocycles. The Kier molecular flexibility index (Phi) is 12.2. The SMILES string of the molecule is CC.COCC[C@H](C)[C@H](C)O. The summed E-state index contributed by atoms with van der Waals surface area (Å²) in [5.41, 5.74) is 0. The van der Waals surface area contributed by atoms with Gasteiger partial charge in [0.05, 0.1) is 6.10 Å². The van der Waals surface area contributed by atoms with Crippen molar-refractivity contribution in [2.45, 2.75) is 40.2 Å². The molecule has 2 heteroatoms. The maximum Gasteiger partial charge on any atom is 0.0538 e. The van der Waals surface area contributed by atoms with Crippen LogP contribution in [0.2, 0.25) is 0 Å². The van der Waals surface area contributed by atoms with Gasteiger partial charge in [-0.15, -0.1) is 0 Å². The topological polar surface area (TPSA) is 29.5 Å². The number of aliphatic hydroxyl groups excluding tert-OH is 1. The lowest BCUT2D eigenvalue weighted by Crippen LogP contribution is -2.14. The third kappa shape index (κ3) is 9.92. The van der Waals surface area contributed by atoms with Gasteiger partial charge in [-0.1, -0.05) is 20.8 Å². The predicted molar refractivity (Wildman–Crippen MR) is 48.7 cm³/mol. The second kappa shape index (κ2) is 9.92. The van der Waals surface area contributed by atoms with Crippen LogP contribution >= 0.6 is 0 Å². The number of rotatable bonds is 4. The van der Waals surface area contributed by atoms with E-state index in [4.69, 9.17) is 9.84 Å². The van der Waals surface area contributed by atoms with Crippen LogP contribution in [0.15, 0.2) is 0 Å². The first-order valence-corrected chi connectivity index (χ1v) is 4.35. The lowest BCUT2D eigenvalue weighted by Gasteiger charge is -2.12. The molecule has 0 spiro atoms. The monoisotopic (exact) mass is 162 g/mol. The van der Waals surface area contributed by atoms with Gasteiger partial charge in [0.2, 0.25) is 0 Å². The van der Waals surface area contributed by atoms with Crippen LogP contribution in [0.4, 0.5) is 0 Å². The minimum Gasteiger partial charge on any atom is -0.393 e. The Morgan fingerprint density at radius 2 is 1.73 bits per heavy atom. The van der Waals surface area contributed by atoms with Gasteiger partial charge >= 0.3 is 0 Å². The molecule has 0 unspecified atom stereocenters. The molecule has 0 saturated carbocycles. The molecule has 0 rings (SSSR count). The smallest absolute Gasteiger partial charge is 0.0538 e. The van der Waals surface area contributed by atoms with Gasteiger partial charge in [-0.25, -0.2) is 0 Å². The Morgan fingerprint density at radius 3 is 2.00 bits per heavy atom. The highest BCUT2D eigenvalue weighted by molar-refractivity contribution is 4.57. The van der Waals surface area contributed by atoms with E-state index >= 15 is 0 Å². The minimum absolute atomic E-state index is 0.208. The Bertz CT molecular complexity index is 62.6. The van der Waals surface area contributed by atoms with Crippen LogP contribution in [0.1, 0.15) is 34.1 Å². The van der Waals surface area contributed by atoms with Crippen molar-refractivity contribution in [2.75, 3.05) is 13.7 Å². The third-order valence-electron chi connectivity index (χ3n) is 1.60. The van der Waals surface area contributed by atoms with E-state index in [-0.39, 0.29) is 6.10 Å². The lowest BCUT2D eigenvalue weighted by atomic mass is 10.0. The molecule has 0 aromatic rings. The maximum absolute atomic E-state index is 8.99. The summed E-state index contributed by atoms with van der Waals surface area (Å²) in [6.45, 7) is 8.57. The number of hydrogen-bond acceptors (Lipinski definition) is 2. The summed E-state index contributed by atoms with van der Waals surface area (Å²) in [5, 5.41) is 8.99. The van der Waals surface area contributed by atoms with E-state index in [0.29, 0.717) is 5.92 Å².